The lowest BCUT2D eigenvalue weighted by molar-refractivity contribution is -0.117. The zero-order valence-corrected chi connectivity index (χ0v) is 15.2. The van der Waals surface area contributed by atoms with E-state index >= 15 is 0 Å². The van der Waals surface area contributed by atoms with E-state index in [0.29, 0.717) is 27.3 Å². The van der Waals surface area contributed by atoms with Crippen LogP contribution in [0, 0.1) is 0 Å². The molecule has 8 heteroatoms. The minimum absolute atomic E-state index is 0.0617. The molecule has 2 N–H and O–H groups in total. The smallest absolute Gasteiger partial charge is 0.319 e. The van der Waals surface area contributed by atoms with Crippen molar-refractivity contribution in [1.82, 2.24) is 5.32 Å². The van der Waals surface area contributed by atoms with E-state index in [1.807, 2.05) is 0 Å². The van der Waals surface area contributed by atoms with Crippen molar-refractivity contribution in [2.45, 2.75) is 12.5 Å². The molecule has 0 bridgehead atoms. The molecule has 2 aromatic rings. The molecule has 0 unspecified atom stereocenters. The van der Waals surface area contributed by atoms with Crippen LogP contribution in [-0.2, 0) is 4.79 Å². The Morgan fingerprint density at radius 1 is 1.04 bits per heavy atom. The van der Waals surface area contributed by atoms with E-state index in [1.54, 1.807) is 47.4 Å². The quantitative estimate of drug-likeness (QED) is 0.795. The highest BCUT2D eigenvalue weighted by Gasteiger charge is 2.31. The zero-order chi connectivity index (χ0) is 18.0. The maximum atomic E-state index is 12.2. The van der Waals surface area contributed by atoms with Gasteiger partial charge in [0.25, 0.3) is 0 Å². The lowest BCUT2D eigenvalue weighted by atomic mass is 10.2. The molecule has 3 rings (SSSR count). The first-order valence-corrected chi connectivity index (χ1v) is 8.64. The number of nitrogens with one attached hydrogen (secondary N) is 2. The number of carbonyl (C=O) groups is 2. The highest BCUT2D eigenvalue weighted by Crippen LogP contribution is 2.26. The summed E-state index contributed by atoms with van der Waals surface area (Å²) in [7, 11) is 0. The summed E-state index contributed by atoms with van der Waals surface area (Å²) in [4.78, 5) is 26.0. The Balaban J connectivity index is 1.62. The molecule has 0 radical (unpaired) electrons. The van der Waals surface area contributed by atoms with Crippen LogP contribution in [0.4, 0.5) is 16.2 Å². The number of anilines is 2. The van der Waals surface area contributed by atoms with E-state index in [9.17, 15) is 9.59 Å². The number of nitrogens with zero attached hydrogens (tertiary/aromatic N) is 1. The number of hydrogen-bond donors (Lipinski definition) is 2. The van der Waals surface area contributed by atoms with E-state index in [2.05, 4.69) is 10.6 Å². The lowest BCUT2D eigenvalue weighted by Gasteiger charge is -2.17. The van der Waals surface area contributed by atoms with Gasteiger partial charge >= 0.3 is 6.03 Å². The summed E-state index contributed by atoms with van der Waals surface area (Å²) >= 11 is 17.8. The van der Waals surface area contributed by atoms with Crippen molar-refractivity contribution in [3.63, 3.8) is 0 Å². The molecule has 1 aliphatic rings. The van der Waals surface area contributed by atoms with Gasteiger partial charge in [-0.1, -0.05) is 34.8 Å². The summed E-state index contributed by atoms with van der Waals surface area (Å²) in [5, 5.41) is 6.86. The molecule has 0 spiro atoms. The molecule has 1 fully saturated rings. The van der Waals surface area contributed by atoms with E-state index in [4.69, 9.17) is 34.8 Å². The van der Waals surface area contributed by atoms with Crippen LogP contribution >= 0.6 is 34.8 Å². The molecular formula is C17H14Cl3N3O2. The monoisotopic (exact) mass is 397 g/mol. The summed E-state index contributed by atoms with van der Waals surface area (Å²) < 4.78 is 0. The Hall–Kier alpha value is -1.95. The summed E-state index contributed by atoms with van der Waals surface area (Å²) in [6.45, 7) is 0.386. The number of benzene rings is 2. The summed E-state index contributed by atoms with van der Waals surface area (Å²) in [5.74, 6) is -0.0617. The van der Waals surface area contributed by atoms with E-state index in [-0.39, 0.29) is 18.4 Å². The second-order valence-corrected chi connectivity index (χ2v) is 6.88. The predicted octanol–water partition coefficient (Wildman–Crippen LogP) is 4.57. The number of halogens is 3. The second kappa shape index (κ2) is 7.52. The topological polar surface area (TPSA) is 61.4 Å². The SMILES string of the molecule is O=C(Nc1cc(Cl)ccc1Cl)N[C@@H]1CC(=O)N(c2ccc(Cl)cc2)C1. The third-order valence-electron chi connectivity index (χ3n) is 3.78. The van der Waals surface area contributed by atoms with E-state index in [1.165, 1.54) is 0 Å². The molecular weight excluding hydrogens is 385 g/mol. The molecule has 1 atom stereocenters. The molecule has 5 nitrogen and oxygen atoms in total. The molecule has 1 saturated heterocycles. The fourth-order valence-electron chi connectivity index (χ4n) is 2.61. The Kier molecular flexibility index (Phi) is 5.37. The predicted molar refractivity (Wildman–Crippen MR) is 101 cm³/mol. The molecule has 25 heavy (non-hydrogen) atoms. The first kappa shape index (κ1) is 17.9. The second-order valence-electron chi connectivity index (χ2n) is 5.60. The third kappa shape index (κ3) is 4.37. The molecule has 3 amide bonds. The van der Waals surface area contributed by atoms with Crippen LogP contribution in [0.25, 0.3) is 0 Å². The van der Waals surface area contributed by atoms with Crippen LogP contribution in [0.1, 0.15) is 6.42 Å². The Bertz CT molecular complexity index is 811. The first-order chi connectivity index (χ1) is 11.9. The number of carbonyl (C=O) groups excluding carboxylic acids is 2. The highest BCUT2D eigenvalue weighted by atomic mass is 35.5. The summed E-state index contributed by atoms with van der Waals surface area (Å²) in [5.41, 5.74) is 1.16. The number of hydrogen-bond acceptors (Lipinski definition) is 2. The van der Waals surface area contributed by atoms with Crippen molar-refractivity contribution >= 4 is 58.1 Å². The van der Waals surface area contributed by atoms with E-state index in [0.717, 1.165) is 5.69 Å². The Morgan fingerprint density at radius 2 is 1.72 bits per heavy atom. The molecule has 1 aliphatic heterocycles. The fraction of sp³-hybridized carbons (Fsp3) is 0.176. The zero-order valence-electron chi connectivity index (χ0n) is 12.9. The average molecular weight is 399 g/mol. The summed E-state index contributed by atoms with van der Waals surface area (Å²) in [6.07, 6.45) is 0.222. The number of urea groups is 1. The Labute approximate surface area is 159 Å². The molecule has 0 aliphatic carbocycles. The van der Waals surface area contributed by atoms with Crippen molar-refractivity contribution in [2.75, 3.05) is 16.8 Å². The number of rotatable bonds is 3. The van der Waals surface area contributed by atoms with Crippen LogP contribution in [-0.4, -0.2) is 24.5 Å². The Morgan fingerprint density at radius 3 is 2.44 bits per heavy atom. The highest BCUT2D eigenvalue weighted by molar-refractivity contribution is 6.35. The average Bonchev–Trinajstić information content (AvgIpc) is 2.92. The van der Waals surface area contributed by atoms with E-state index < -0.39 is 6.03 Å². The lowest BCUT2D eigenvalue weighted by Crippen LogP contribution is -2.39. The van der Waals surface area contributed by atoms with Crippen molar-refractivity contribution in [3.05, 3.63) is 57.5 Å². The third-order valence-corrected chi connectivity index (χ3v) is 4.59. The van der Waals surface area contributed by atoms with Crippen LogP contribution < -0.4 is 15.5 Å². The minimum Gasteiger partial charge on any atom is -0.333 e. The van der Waals surface area contributed by atoms with Gasteiger partial charge in [-0.25, -0.2) is 4.79 Å². The summed E-state index contributed by atoms with van der Waals surface area (Å²) in [6, 6.07) is 11.0. The van der Waals surface area contributed by atoms with Crippen molar-refractivity contribution in [1.29, 1.82) is 0 Å². The van der Waals surface area contributed by atoms with Gasteiger partial charge in [-0.2, -0.15) is 0 Å². The number of amides is 3. The fourth-order valence-corrected chi connectivity index (χ4v) is 3.07. The normalized spacial score (nSPS) is 16.8. The first-order valence-electron chi connectivity index (χ1n) is 7.51. The van der Waals surface area contributed by atoms with Crippen LogP contribution in [0.3, 0.4) is 0 Å². The van der Waals surface area contributed by atoms with Crippen LogP contribution in [0.15, 0.2) is 42.5 Å². The van der Waals surface area contributed by atoms with Gasteiger partial charge < -0.3 is 15.5 Å². The standard InChI is InChI=1S/C17H14Cl3N3O2/c18-10-1-4-13(5-2-10)23-9-12(8-16(23)24)21-17(25)22-15-7-11(19)3-6-14(15)20/h1-7,12H,8-9H2,(H2,21,22,25)/t12-/m1/s1. The van der Waals surface area contributed by atoms with Crippen molar-refractivity contribution < 1.29 is 9.59 Å². The van der Waals surface area contributed by atoms with Gasteiger partial charge in [0.1, 0.15) is 0 Å². The van der Waals surface area contributed by atoms with Gasteiger partial charge in [0, 0.05) is 28.7 Å². The van der Waals surface area contributed by atoms with Gasteiger partial charge in [-0.3, -0.25) is 4.79 Å². The maximum absolute atomic E-state index is 12.2. The molecule has 130 valence electrons. The van der Waals surface area contributed by atoms with Gasteiger partial charge in [0.15, 0.2) is 0 Å². The van der Waals surface area contributed by atoms with Crippen LogP contribution in [0.2, 0.25) is 15.1 Å². The van der Waals surface area contributed by atoms with Crippen molar-refractivity contribution in [3.8, 4) is 0 Å². The molecule has 0 saturated carbocycles. The molecule has 0 aromatic heterocycles. The van der Waals surface area contributed by atoms with Gasteiger partial charge in [0.2, 0.25) is 5.91 Å². The van der Waals surface area contributed by atoms with Gasteiger partial charge in [-0.05, 0) is 42.5 Å². The van der Waals surface area contributed by atoms with Gasteiger partial charge in [-0.15, -0.1) is 0 Å². The van der Waals surface area contributed by atoms with Crippen LogP contribution in [0.5, 0.6) is 0 Å². The van der Waals surface area contributed by atoms with Gasteiger partial charge in [0.05, 0.1) is 16.8 Å². The largest absolute Gasteiger partial charge is 0.333 e. The minimum atomic E-state index is -0.445. The molecule has 1 heterocycles. The molecule has 2 aromatic carbocycles. The maximum Gasteiger partial charge on any atom is 0.319 e. The van der Waals surface area contributed by atoms with Crippen molar-refractivity contribution in [2.24, 2.45) is 0 Å².